The van der Waals surface area contributed by atoms with E-state index in [4.69, 9.17) is 10.00 Å². The molecule has 0 aliphatic carbocycles. The highest BCUT2D eigenvalue weighted by molar-refractivity contribution is 5.33. The molecule has 1 N–H and O–H groups in total. The minimum absolute atomic E-state index is 0.355. The topological polar surface area (TPSA) is 45.0 Å². The third-order valence-electron chi connectivity index (χ3n) is 3.20. The number of rotatable bonds is 3. The third kappa shape index (κ3) is 3.06. The summed E-state index contributed by atoms with van der Waals surface area (Å²) in [5, 5.41) is 12.3. The number of benzene rings is 1. The van der Waals surface area contributed by atoms with Crippen LogP contribution in [0, 0.1) is 11.3 Å². The summed E-state index contributed by atoms with van der Waals surface area (Å²) in [5.74, 6) is 0. The van der Waals surface area contributed by atoms with Crippen LogP contribution in [-0.4, -0.2) is 19.3 Å². The summed E-state index contributed by atoms with van der Waals surface area (Å²) in [6, 6.07) is 10.3. The summed E-state index contributed by atoms with van der Waals surface area (Å²) in [5.41, 5.74) is 1.96. The number of hydrogen-bond donors (Lipinski definition) is 1. The van der Waals surface area contributed by atoms with Crippen LogP contribution in [0.5, 0.6) is 0 Å². The maximum atomic E-state index is 8.77. The van der Waals surface area contributed by atoms with Gasteiger partial charge >= 0.3 is 0 Å². The van der Waals surface area contributed by atoms with Gasteiger partial charge in [0.05, 0.1) is 17.7 Å². The van der Waals surface area contributed by atoms with Crippen LogP contribution >= 0.6 is 0 Å². The molecule has 0 unspecified atom stereocenters. The molecule has 0 radical (unpaired) electrons. The van der Waals surface area contributed by atoms with Gasteiger partial charge in [-0.1, -0.05) is 12.1 Å². The third-order valence-corrected chi connectivity index (χ3v) is 3.20. The predicted molar refractivity (Wildman–Crippen MR) is 66.5 cm³/mol. The molecule has 1 saturated heterocycles. The Hall–Kier alpha value is -1.37. The number of nitriles is 1. The molecule has 0 bridgehead atoms. The highest BCUT2D eigenvalue weighted by atomic mass is 16.5. The van der Waals surface area contributed by atoms with Crippen molar-refractivity contribution in [1.29, 1.82) is 5.26 Å². The summed E-state index contributed by atoms with van der Waals surface area (Å²) >= 11 is 0. The van der Waals surface area contributed by atoms with Crippen molar-refractivity contribution in [1.82, 2.24) is 5.32 Å². The van der Waals surface area contributed by atoms with Gasteiger partial charge in [0.1, 0.15) is 0 Å². The van der Waals surface area contributed by atoms with Crippen LogP contribution in [0.25, 0.3) is 0 Å². The first-order valence-electron chi connectivity index (χ1n) is 6.18. The molecule has 1 aliphatic heterocycles. The van der Waals surface area contributed by atoms with Crippen molar-refractivity contribution in [2.45, 2.75) is 31.9 Å². The van der Waals surface area contributed by atoms with E-state index in [1.807, 2.05) is 31.2 Å². The van der Waals surface area contributed by atoms with Crippen molar-refractivity contribution in [3.63, 3.8) is 0 Å². The quantitative estimate of drug-likeness (QED) is 0.867. The smallest absolute Gasteiger partial charge is 0.0991 e. The number of piperidine rings is 1. The molecule has 3 nitrogen and oxygen atoms in total. The fourth-order valence-electron chi connectivity index (χ4n) is 2.31. The number of ether oxygens (including phenoxy) is 1. The molecule has 2 rings (SSSR count). The van der Waals surface area contributed by atoms with E-state index in [0.717, 1.165) is 26.0 Å². The molecule has 1 aromatic rings. The Bertz CT molecular complexity index is 392. The molecule has 1 fully saturated rings. The second-order valence-corrected chi connectivity index (χ2v) is 4.34. The maximum absolute atomic E-state index is 8.77. The summed E-state index contributed by atoms with van der Waals surface area (Å²) < 4.78 is 5.69. The number of hydrogen-bond acceptors (Lipinski definition) is 3. The summed E-state index contributed by atoms with van der Waals surface area (Å²) in [4.78, 5) is 0. The van der Waals surface area contributed by atoms with E-state index < -0.39 is 0 Å². The molecule has 0 saturated carbocycles. The Morgan fingerprint density at radius 3 is 2.82 bits per heavy atom. The molecule has 2 atom stereocenters. The Labute approximate surface area is 102 Å². The fourth-order valence-corrected chi connectivity index (χ4v) is 2.31. The number of nitrogens with zero attached hydrogens (tertiary/aromatic N) is 1. The predicted octanol–water partition coefficient (Wildman–Crippen LogP) is 2.39. The van der Waals surface area contributed by atoms with Gasteiger partial charge in [0.25, 0.3) is 0 Å². The van der Waals surface area contributed by atoms with E-state index >= 15 is 0 Å². The lowest BCUT2D eigenvalue weighted by Crippen LogP contribution is -2.35. The average molecular weight is 230 g/mol. The average Bonchev–Trinajstić information content (AvgIpc) is 2.40. The molecule has 1 aromatic carbocycles. The maximum Gasteiger partial charge on any atom is 0.0991 e. The molecule has 17 heavy (non-hydrogen) atoms. The summed E-state index contributed by atoms with van der Waals surface area (Å²) in [7, 11) is 0. The van der Waals surface area contributed by atoms with Crippen LogP contribution in [0.2, 0.25) is 0 Å². The van der Waals surface area contributed by atoms with Crippen LogP contribution in [0.4, 0.5) is 0 Å². The van der Waals surface area contributed by atoms with Crippen LogP contribution in [0.15, 0.2) is 24.3 Å². The zero-order valence-electron chi connectivity index (χ0n) is 10.1. The largest absolute Gasteiger partial charge is 0.378 e. The van der Waals surface area contributed by atoms with Crippen molar-refractivity contribution in [2.75, 3.05) is 13.2 Å². The van der Waals surface area contributed by atoms with Gasteiger partial charge in [-0.15, -0.1) is 0 Å². The van der Waals surface area contributed by atoms with E-state index in [0.29, 0.717) is 17.7 Å². The van der Waals surface area contributed by atoms with Crippen LogP contribution in [0.3, 0.4) is 0 Å². The van der Waals surface area contributed by atoms with Gasteiger partial charge < -0.3 is 10.1 Å². The molecule has 0 aromatic heterocycles. The first-order valence-corrected chi connectivity index (χ1v) is 6.18. The van der Waals surface area contributed by atoms with Gasteiger partial charge in [0.2, 0.25) is 0 Å². The van der Waals surface area contributed by atoms with Crippen molar-refractivity contribution in [2.24, 2.45) is 0 Å². The summed E-state index contributed by atoms with van der Waals surface area (Å²) in [6.45, 7) is 3.82. The zero-order valence-corrected chi connectivity index (χ0v) is 10.1. The molecule has 0 spiro atoms. The van der Waals surface area contributed by atoms with Crippen molar-refractivity contribution in [3.05, 3.63) is 35.4 Å². The van der Waals surface area contributed by atoms with Crippen LogP contribution in [0.1, 0.15) is 36.9 Å². The Morgan fingerprint density at radius 1 is 1.41 bits per heavy atom. The van der Waals surface area contributed by atoms with Gasteiger partial charge in [-0.2, -0.15) is 5.26 Å². The lowest BCUT2D eigenvalue weighted by molar-refractivity contribution is 0.0297. The SMILES string of the molecule is CCO[C@@H]1CCN[C@@H](c2ccc(C#N)cc2)C1. The minimum Gasteiger partial charge on any atom is -0.378 e. The van der Waals surface area contributed by atoms with Gasteiger partial charge in [-0.05, 0) is 44.0 Å². The lowest BCUT2D eigenvalue weighted by atomic mass is 9.95. The fraction of sp³-hybridized carbons (Fsp3) is 0.500. The van der Waals surface area contributed by atoms with E-state index in [9.17, 15) is 0 Å². The lowest BCUT2D eigenvalue weighted by Gasteiger charge is -2.30. The molecular weight excluding hydrogens is 212 g/mol. The van der Waals surface area contributed by atoms with E-state index in [-0.39, 0.29) is 0 Å². The zero-order chi connectivity index (χ0) is 12.1. The molecule has 0 amide bonds. The van der Waals surface area contributed by atoms with E-state index in [1.165, 1.54) is 5.56 Å². The van der Waals surface area contributed by atoms with Gasteiger partial charge in [0, 0.05) is 12.6 Å². The molecule has 1 aliphatic rings. The monoisotopic (exact) mass is 230 g/mol. The van der Waals surface area contributed by atoms with Crippen LogP contribution < -0.4 is 5.32 Å². The van der Waals surface area contributed by atoms with Crippen molar-refractivity contribution >= 4 is 0 Å². The first kappa shape index (κ1) is 12.1. The van der Waals surface area contributed by atoms with E-state index in [2.05, 4.69) is 11.4 Å². The van der Waals surface area contributed by atoms with Crippen molar-refractivity contribution < 1.29 is 4.74 Å². The Kier molecular flexibility index (Phi) is 4.13. The molecule has 90 valence electrons. The first-order chi connectivity index (χ1) is 8.33. The molecular formula is C14H18N2O. The second-order valence-electron chi connectivity index (χ2n) is 4.34. The van der Waals surface area contributed by atoms with Gasteiger partial charge in [-0.25, -0.2) is 0 Å². The van der Waals surface area contributed by atoms with Crippen molar-refractivity contribution in [3.8, 4) is 6.07 Å². The van der Waals surface area contributed by atoms with Gasteiger partial charge in [0.15, 0.2) is 0 Å². The standard InChI is InChI=1S/C14H18N2O/c1-2-17-13-7-8-16-14(9-13)12-5-3-11(10-15)4-6-12/h3-6,13-14,16H,2,7-9H2,1H3/t13-,14-/m1/s1. The normalized spacial score (nSPS) is 24.2. The second kappa shape index (κ2) is 5.81. The number of nitrogens with one attached hydrogen (secondary N) is 1. The minimum atomic E-state index is 0.355. The Balaban J connectivity index is 2.03. The summed E-state index contributed by atoms with van der Waals surface area (Å²) in [6.07, 6.45) is 2.46. The van der Waals surface area contributed by atoms with Crippen LogP contribution in [-0.2, 0) is 4.74 Å². The van der Waals surface area contributed by atoms with E-state index in [1.54, 1.807) is 0 Å². The molecule has 3 heteroatoms. The molecule has 1 heterocycles. The Morgan fingerprint density at radius 2 is 2.18 bits per heavy atom. The highest BCUT2D eigenvalue weighted by Crippen LogP contribution is 2.25. The van der Waals surface area contributed by atoms with Gasteiger partial charge in [-0.3, -0.25) is 0 Å². The highest BCUT2D eigenvalue weighted by Gasteiger charge is 2.22.